The minimum atomic E-state index is 0.531. The molecule has 1 saturated heterocycles. The Morgan fingerprint density at radius 2 is 2.44 bits per heavy atom. The molecule has 2 atom stereocenters. The lowest BCUT2D eigenvalue weighted by Crippen LogP contribution is -2.30. The Hall–Kier alpha value is -0.0800. The maximum absolute atomic E-state index is 5.44. The lowest BCUT2D eigenvalue weighted by atomic mass is 10.00. The van der Waals surface area contributed by atoms with E-state index in [1.54, 1.807) is 0 Å². The van der Waals surface area contributed by atoms with E-state index < -0.39 is 0 Å². The highest BCUT2D eigenvalue weighted by atomic mass is 16.5. The zero-order chi connectivity index (χ0) is 6.69. The van der Waals surface area contributed by atoms with Gasteiger partial charge >= 0.3 is 0 Å². The van der Waals surface area contributed by atoms with E-state index in [1.807, 2.05) is 0 Å². The summed E-state index contributed by atoms with van der Waals surface area (Å²) in [4.78, 5) is 0. The first kappa shape index (κ1) is 7.03. The fourth-order valence-corrected chi connectivity index (χ4v) is 1.02. The van der Waals surface area contributed by atoms with Gasteiger partial charge in [0.2, 0.25) is 0 Å². The molecule has 1 aliphatic rings. The van der Waals surface area contributed by atoms with Gasteiger partial charge in [0.25, 0.3) is 0 Å². The van der Waals surface area contributed by atoms with E-state index in [0.29, 0.717) is 12.0 Å². The minimum Gasteiger partial charge on any atom is -0.378 e. The summed E-state index contributed by atoms with van der Waals surface area (Å²) in [5.41, 5.74) is 5.44. The summed E-state index contributed by atoms with van der Waals surface area (Å²) >= 11 is 0. The number of ether oxygens (including phenoxy) is 1. The molecule has 2 heteroatoms. The average molecular weight is 129 g/mol. The summed E-state index contributed by atoms with van der Waals surface area (Å²) in [6.45, 7) is 3.92. The third-order valence-electron chi connectivity index (χ3n) is 1.86. The van der Waals surface area contributed by atoms with Crippen molar-refractivity contribution in [3.8, 4) is 0 Å². The summed E-state index contributed by atoms with van der Waals surface area (Å²) in [7, 11) is 0. The van der Waals surface area contributed by atoms with Crippen LogP contribution >= 0.6 is 0 Å². The van der Waals surface area contributed by atoms with Gasteiger partial charge in [-0.25, -0.2) is 0 Å². The SMILES string of the molecule is CC(CN)CC1CCO1. The van der Waals surface area contributed by atoms with Crippen LogP contribution < -0.4 is 5.73 Å². The summed E-state index contributed by atoms with van der Waals surface area (Å²) < 4.78 is 5.25. The molecule has 0 aliphatic carbocycles. The molecule has 1 heterocycles. The molecule has 0 amide bonds. The topological polar surface area (TPSA) is 35.2 Å². The second kappa shape index (κ2) is 3.18. The van der Waals surface area contributed by atoms with Gasteiger partial charge in [0, 0.05) is 6.61 Å². The highest BCUT2D eigenvalue weighted by molar-refractivity contribution is 4.69. The van der Waals surface area contributed by atoms with Crippen molar-refractivity contribution < 1.29 is 4.74 Å². The highest BCUT2D eigenvalue weighted by Gasteiger charge is 2.19. The van der Waals surface area contributed by atoms with Crippen LogP contribution in [-0.4, -0.2) is 19.3 Å². The van der Waals surface area contributed by atoms with E-state index >= 15 is 0 Å². The van der Waals surface area contributed by atoms with Crippen molar-refractivity contribution in [1.29, 1.82) is 0 Å². The molecule has 2 nitrogen and oxygen atoms in total. The smallest absolute Gasteiger partial charge is 0.0600 e. The molecule has 0 bridgehead atoms. The van der Waals surface area contributed by atoms with Gasteiger partial charge in [0.05, 0.1) is 6.10 Å². The first-order valence-electron chi connectivity index (χ1n) is 3.64. The second-order valence-electron chi connectivity index (χ2n) is 2.86. The minimum absolute atomic E-state index is 0.531. The predicted octanol–water partition coefficient (Wildman–Crippen LogP) is 0.760. The van der Waals surface area contributed by atoms with E-state index in [9.17, 15) is 0 Å². The molecule has 0 saturated carbocycles. The van der Waals surface area contributed by atoms with Crippen LogP contribution in [-0.2, 0) is 4.74 Å². The average Bonchev–Trinajstić information content (AvgIpc) is 1.78. The molecule has 2 N–H and O–H groups in total. The van der Waals surface area contributed by atoms with Gasteiger partial charge in [-0.2, -0.15) is 0 Å². The van der Waals surface area contributed by atoms with Gasteiger partial charge in [0.15, 0.2) is 0 Å². The fraction of sp³-hybridized carbons (Fsp3) is 1.00. The van der Waals surface area contributed by atoms with Crippen molar-refractivity contribution in [2.45, 2.75) is 25.9 Å². The second-order valence-corrected chi connectivity index (χ2v) is 2.86. The van der Waals surface area contributed by atoms with Gasteiger partial charge in [-0.1, -0.05) is 6.92 Å². The summed E-state index contributed by atoms with van der Waals surface area (Å²) in [5.74, 6) is 0.635. The monoisotopic (exact) mass is 129 g/mol. The summed E-state index contributed by atoms with van der Waals surface area (Å²) in [5, 5.41) is 0. The van der Waals surface area contributed by atoms with Gasteiger partial charge < -0.3 is 10.5 Å². The molecule has 0 aromatic carbocycles. The van der Waals surface area contributed by atoms with Crippen LogP contribution in [0.4, 0.5) is 0 Å². The van der Waals surface area contributed by atoms with Crippen molar-refractivity contribution in [2.75, 3.05) is 13.2 Å². The van der Waals surface area contributed by atoms with Crippen molar-refractivity contribution in [2.24, 2.45) is 11.7 Å². The molecule has 0 spiro atoms. The van der Waals surface area contributed by atoms with Gasteiger partial charge in [-0.3, -0.25) is 0 Å². The van der Waals surface area contributed by atoms with E-state index in [1.165, 1.54) is 6.42 Å². The Balaban J connectivity index is 2.01. The molecule has 54 valence electrons. The van der Waals surface area contributed by atoms with Crippen LogP contribution in [0.15, 0.2) is 0 Å². The summed E-state index contributed by atoms with van der Waals surface area (Å²) in [6.07, 6.45) is 2.92. The Morgan fingerprint density at radius 1 is 1.78 bits per heavy atom. The third-order valence-corrected chi connectivity index (χ3v) is 1.86. The van der Waals surface area contributed by atoms with Crippen LogP contribution in [0.1, 0.15) is 19.8 Å². The van der Waals surface area contributed by atoms with Crippen molar-refractivity contribution in [3.05, 3.63) is 0 Å². The molecular weight excluding hydrogens is 114 g/mol. The third kappa shape index (κ3) is 1.95. The van der Waals surface area contributed by atoms with Crippen molar-refractivity contribution >= 4 is 0 Å². The van der Waals surface area contributed by atoms with Crippen molar-refractivity contribution in [1.82, 2.24) is 0 Å². The lowest BCUT2D eigenvalue weighted by molar-refractivity contribution is -0.0610. The van der Waals surface area contributed by atoms with Crippen molar-refractivity contribution in [3.63, 3.8) is 0 Å². The Bertz CT molecular complexity index is 78.2. The van der Waals surface area contributed by atoms with E-state index in [4.69, 9.17) is 10.5 Å². The molecule has 0 aromatic rings. The lowest BCUT2D eigenvalue weighted by Gasteiger charge is -2.28. The van der Waals surface area contributed by atoms with Crippen LogP contribution in [0.2, 0.25) is 0 Å². The Labute approximate surface area is 56.4 Å². The van der Waals surface area contributed by atoms with Crippen LogP contribution in [0.3, 0.4) is 0 Å². The molecule has 1 rings (SSSR count). The van der Waals surface area contributed by atoms with E-state index in [2.05, 4.69) is 6.92 Å². The van der Waals surface area contributed by atoms with Gasteiger partial charge in [-0.05, 0) is 25.3 Å². The molecule has 0 radical (unpaired) electrons. The Kier molecular flexibility index (Phi) is 2.49. The van der Waals surface area contributed by atoms with E-state index in [0.717, 1.165) is 19.6 Å². The maximum atomic E-state index is 5.44. The molecular formula is C7H15NO. The Morgan fingerprint density at radius 3 is 2.78 bits per heavy atom. The number of nitrogens with two attached hydrogens (primary N) is 1. The van der Waals surface area contributed by atoms with Gasteiger partial charge in [0.1, 0.15) is 0 Å². The first-order chi connectivity index (χ1) is 4.33. The van der Waals surface area contributed by atoms with Crippen LogP contribution in [0, 0.1) is 5.92 Å². The number of hydrogen-bond donors (Lipinski definition) is 1. The fourth-order valence-electron chi connectivity index (χ4n) is 1.02. The number of rotatable bonds is 3. The predicted molar refractivity (Wildman–Crippen MR) is 37.2 cm³/mol. The van der Waals surface area contributed by atoms with E-state index in [-0.39, 0.29) is 0 Å². The summed E-state index contributed by atoms with van der Waals surface area (Å²) in [6, 6.07) is 0. The molecule has 2 unspecified atom stereocenters. The zero-order valence-corrected chi connectivity index (χ0v) is 5.97. The quantitative estimate of drug-likeness (QED) is 0.610. The molecule has 1 fully saturated rings. The first-order valence-corrected chi connectivity index (χ1v) is 3.64. The molecule has 1 aliphatic heterocycles. The van der Waals surface area contributed by atoms with Crippen LogP contribution in [0.5, 0.6) is 0 Å². The maximum Gasteiger partial charge on any atom is 0.0600 e. The van der Waals surface area contributed by atoms with Gasteiger partial charge in [-0.15, -0.1) is 0 Å². The number of hydrogen-bond acceptors (Lipinski definition) is 2. The van der Waals surface area contributed by atoms with Crippen LogP contribution in [0.25, 0.3) is 0 Å². The zero-order valence-electron chi connectivity index (χ0n) is 5.97. The normalized spacial score (nSPS) is 29.3. The largest absolute Gasteiger partial charge is 0.378 e. The molecule has 0 aromatic heterocycles. The highest BCUT2D eigenvalue weighted by Crippen LogP contribution is 2.18. The standard InChI is InChI=1S/C7H15NO/c1-6(5-8)4-7-2-3-9-7/h6-7H,2-5,8H2,1H3. The molecule has 9 heavy (non-hydrogen) atoms.